The van der Waals surface area contributed by atoms with Gasteiger partial charge >= 0.3 is 0 Å². The highest BCUT2D eigenvalue weighted by molar-refractivity contribution is 5.84. The highest BCUT2D eigenvalue weighted by Gasteiger charge is 2.16. The lowest BCUT2D eigenvalue weighted by molar-refractivity contribution is 0.425. The Morgan fingerprint density at radius 3 is 2.52 bits per heavy atom. The number of aromatic nitrogens is 4. The molecule has 0 atom stereocenters. The van der Waals surface area contributed by atoms with Crippen LogP contribution in [0, 0.1) is 11.6 Å². The summed E-state index contributed by atoms with van der Waals surface area (Å²) in [5.74, 6) is -1.41. The first-order chi connectivity index (χ1) is 14.0. The van der Waals surface area contributed by atoms with Crippen molar-refractivity contribution in [1.29, 1.82) is 0 Å². The van der Waals surface area contributed by atoms with Crippen LogP contribution in [0.4, 0.5) is 8.78 Å². The average molecular weight is 390 g/mol. The molecule has 0 aliphatic carbocycles. The van der Waals surface area contributed by atoms with Gasteiger partial charge in [0.1, 0.15) is 11.6 Å². The number of rotatable bonds is 3. The minimum Gasteiger partial charge on any atom is -0.494 e. The molecule has 0 fully saturated rings. The number of nitrogens with zero attached hydrogens (tertiary/aromatic N) is 4. The van der Waals surface area contributed by atoms with Gasteiger partial charge in [0.15, 0.2) is 0 Å². The highest BCUT2D eigenvalue weighted by Crippen LogP contribution is 2.30. The topological polar surface area (TPSA) is 55.9 Å². The van der Waals surface area contributed by atoms with Gasteiger partial charge in [-0.1, -0.05) is 6.07 Å². The van der Waals surface area contributed by atoms with E-state index in [2.05, 4.69) is 9.97 Å². The highest BCUT2D eigenvalue weighted by atomic mass is 19.1. The first kappa shape index (κ1) is 17.4. The normalized spacial score (nSPS) is 11.6. The second-order valence-corrected chi connectivity index (χ2v) is 6.99. The molecule has 0 saturated heterocycles. The summed E-state index contributed by atoms with van der Waals surface area (Å²) in [4.78, 5) is 8.41. The van der Waals surface area contributed by atoms with E-state index in [1.165, 1.54) is 16.7 Å². The monoisotopic (exact) mass is 390 g/mol. The van der Waals surface area contributed by atoms with E-state index in [0.717, 1.165) is 11.0 Å². The molecular weight excluding hydrogens is 374 g/mol. The summed E-state index contributed by atoms with van der Waals surface area (Å²) in [7, 11) is 1.87. The summed E-state index contributed by atoms with van der Waals surface area (Å²) in [5.41, 5.74) is 3.28. The summed E-state index contributed by atoms with van der Waals surface area (Å²) in [6.45, 7) is -0.138. The SMILES string of the molecule is Cn1cnc2ccc(-c3cc(F)c(Cn4cc5ncccc5c4O)c(F)c3)cc21. The van der Waals surface area contributed by atoms with Gasteiger partial charge in [-0.15, -0.1) is 0 Å². The summed E-state index contributed by atoms with van der Waals surface area (Å²) in [5, 5.41) is 10.9. The molecule has 0 unspecified atom stereocenters. The average Bonchev–Trinajstić information content (AvgIpc) is 3.24. The van der Waals surface area contributed by atoms with Crippen molar-refractivity contribution in [2.24, 2.45) is 7.05 Å². The molecule has 7 heteroatoms. The fraction of sp³-hybridized carbons (Fsp3) is 0.0909. The molecule has 0 aliphatic heterocycles. The molecule has 0 saturated carbocycles. The van der Waals surface area contributed by atoms with Crippen molar-refractivity contribution >= 4 is 21.9 Å². The molecule has 5 aromatic rings. The number of fused-ring (bicyclic) bond motifs is 2. The molecule has 0 amide bonds. The van der Waals surface area contributed by atoms with Crippen molar-refractivity contribution in [2.75, 3.05) is 0 Å². The molecule has 29 heavy (non-hydrogen) atoms. The van der Waals surface area contributed by atoms with Crippen molar-refractivity contribution in [3.63, 3.8) is 0 Å². The van der Waals surface area contributed by atoms with Gasteiger partial charge in [-0.05, 0) is 47.5 Å². The third kappa shape index (κ3) is 2.82. The zero-order valence-electron chi connectivity index (χ0n) is 15.5. The number of hydrogen-bond acceptors (Lipinski definition) is 3. The molecule has 0 radical (unpaired) electrons. The van der Waals surface area contributed by atoms with Gasteiger partial charge in [0, 0.05) is 25.0 Å². The third-order valence-electron chi connectivity index (χ3n) is 5.16. The smallest absolute Gasteiger partial charge is 0.201 e. The zero-order valence-corrected chi connectivity index (χ0v) is 15.5. The quantitative estimate of drug-likeness (QED) is 0.489. The van der Waals surface area contributed by atoms with E-state index in [1.54, 1.807) is 36.9 Å². The van der Waals surface area contributed by atoms with Crippen LogP contribution in [0.1, 0.15) is 5.56 Å². The molecule has 3 heterocycles. The Balaban J connectivity index is 1.55. The Hall–Kier alpha value is -3.74. The van der Waals surface area contributed by atoms with E-state index >= 15 is 0 Å². The Kier molecular flexibility index (Phi) is 3.84. The molecule has 0 bridgehead atoms. The molecule has 0 spiro atoms. The largest absolute Gasteiger partial charge is 0.494 e. The Bertz CT molecular complexity index is 1360. The number of benzene rings is 2. The van der Waals surface area contributed by atoms with Crippen LogP contribution in [-0.2, 0) is 13.6 Å². The van der Waals surface area contributed by atoms with Gasteiger partial charge in [0.2, 0.25) is 5.88 Å². The molecule has 1 N–H and O–H groups in total. The fourth-order valence-corrected chi connectivity index (χ4v) is 3.59. The number of pyridine rings is 1. The lowest BCUT2D eigenvalue weighted by atomic mass is 10.0. The van der Waals surface area contributed by atoms with Crippen LogP contribution in [0.3, 0.4) is 0 Å². The van der Waals surface area contributed by atoms with Crippen molar-refractivity contribution in [3.8, 4) is 17.0 Å². The van der Waals surface area contributed by atoms with Crippen LogP contribution in [0.25, 0.3) is 33.1 Å². The minimum atomic E-state index is -0.671. The van der Waals surface area contributed by atoms with Crippen LogP contribution in [0.15, 0.2) is 61.2 Å². The number of aryl methyl sites for hydroxylation is 1. The maximum atomic E-state index is 14.8. The lowest BCUT2D eigenvalue weighted by Crippen LogP contribution is -2.04. The fourth-order valence-electron chi connectivity index (χ4n) is 3.59. The molecule has 5 nitrogen and oxygen atoms in total. The standard InChI is InChI=1S/C22H16F2N4O/c1-27-12-26-19-5-4-13(9-21(19)27)14-7-17(23)16(18(24)8-14)10-28-11-20-15(22(28)29)3-2-6-25-20/h2-9,11-12,29H,10H2,1H3. The van der Waals surface area contributed by atoms with E-state index in [-0.39, 0.29) is 18.0 Å². The van der Waals surface area contributed by atoms with Gasteiger partial charge in [-0.3, -0.25) is 4.98 Å². The molecular formula is C22H16F2N4O. The maximum absolute atomic E-state index is 14.8. The number of halogens is 2. The van der Waals surface area contributed by atoms with Crippen molar-refractivity contribution in [1.82, 2.24) is 19.1 Å². The van der Waals surface area contributed by atoms with E-state index in [4.69, 9.17) is 0 Å². The second kappa shape index (κ2) is 6.41. The van der Waals surface area contributed by atoms with Gasteiger partial charge in [0.25, 0.3) is 0 Å². The molecule has 5 rings (SSSR count). The maximum Gasteiger partial charge on any atom is 0.201 e. The zero-order chi connectivity index (χ0) is 20.1. The minimum absolute atomic E-state index is 0.0716. The third-order valence-corrected chi connectivity index (χ3v) is 5.16. The Morgan fingerprint density at radius 2 is 1.76 bits per heavy atom. The van der Waals surface area contributed by atoms with Crippen LogP contribution in [0.5, 0.6) is 5.88 Å². The Labute approximate surface area is 164 Å². The van der Waals surface area contributed by atoms with Crippen LogP contribution < -0.4 is 0 Å². The van der Waals surface area contributed by atoms with E-state index < -0.39 is 11.6 Å². The Morgan fingerprint density at radius 1 is 0.966 bits per heavy atom. The van der Waals surface area contributed by atoms with E-state index in [9.17, 15) is 13.9 Å². The van der Waals surface area contributed by atoms with Crippen molar-refractivity contribution in [3.05, 3.63) is 78.4 Å². The van der Waals surface area contributed by atoms with Gasteiger partial charge in [-0.25, -0.2) is 13.8 Å². The van der Waals surface area contributed by atoms with Gasteiger partial charge in [-0.2, -0.15) is 0 Å². The van der Waals surface area contributed by atoms with E-state index in [1.807, 2.05) is 23.7 Å². The summed E-state index contributed by atoms with van der Waals surface area (Å²) >= 11 is 0. The second-order valence-electron chi connectivity index (χ2n) is 6.99. The molecule has 3 aromatic heterocycles. The summed E-state index contributed by atoms with van der Waals surface area (Å²) in [6.07, 6.45) is 4.87. The molecule has 144 valence electrons. The van der Waals surface area contributed by atoms with Crippen molar-refractivity contribution < 1.29 is 13.9 Å². The predicted octanol–water partition coefficient (Wildman–Crippen LogP) is 4.62. The lowest BCUT2D eigenvalue weighted by Gasteiger charge is -2.10. The molecule has 0 aliphatic rings. The van der Waals surface area contributed by atoms with Crippen LogP contribution >= 0.6 is 0 Å². The predicted molar refractivity (Wildman–Crippen MR) is 107 cm³/mol. The van der Waals surface area contributed by atoms with Gasteiger partial charge < -0.3 is 14.2 Å². The first-order valence-corrected chi connectivity index (χ1v) is 9.03. The van der Waals surface area contributed by atoms with E-state index in [0.29, 0.717) is 22.0 Å². The number of hydrogen-bond donors (Lipinski definition) is 1. The van der Waals surface area contributed by atoms with Gasteiger partial charge in [0.05, 0.1) is 34.8 Å². The summed E-state index contributed by atoms with van der Waals surface area (Å²) < 4.78 is 32.9. The first-order valence-electron chi connectivity index (χ1n) is 9.03. The molecule has 2 aromatic carbocycles. The number of aromatic hydroxyl groups is 1. The summed E-state index contributed by atoms with van der Waals surface area (Å²) in [6, 6.07) is 11.5. The number of imidazole rings is 1. The van der Waals surface area contributed by atoms with Crippen molar-refractivity contribution in [2.45, 2.75) is 6.54 Å². The van der Waals surface area contributed by atoms with Crippen LogP contribution in [0.2, 0.25) is 0 Å². The van der Waals surface area contributed by atoms with Crippen LogP contribution in [-0.4, -0.2) is 24.2 Å².